The smallest absolute Gasteiger partial charge is 0.351 e. The fourth-order valence-corrected chi connectivity index (χ4v) is 7.39. The molecule has 2 saturated heterocycles. The molecule has 9 heteroatoms. The third-order valence-electron chi connectivity index (χ3n) is 7.48. The van der Waals surface area contributed by atoms with Crippen molar-refractivity contribution in [2.75, 3.05) is 6.61 Å². The van der Waals surface area contributed by atoms with Crippen LogP contribution in [0.2, 0.25) is 0 Å². The van der Waals surface area contributed by atoms with Crippen LogP contribution in [-0.2, 0) is 9.53 Å². The Balaban J connectivity index is 2.19. The number of piperidine rings is 2. The number of amidine groups is 2. The molecule has 3 aliphatic rings. The van der Waals surface area contributed by atoms with E-state index in [1.807, 2.05) is 11.9 Å². The van der Waals surface area contributed by atoms with Crippen LogP contribution in [-0.4, -0.2) is 69.0 Å². The molecule has 0 aliphatic carbocycles. The van der Waals surface area contributed by atoms with E-state index in [0.29, 0.717) is 6.61 Å². The van der Waals surface area contributed by atoms with Gasteiger partial charge in [0, 0.05) is 39.5 Å². The van der Waals surface area contributed by atoms with E-state index in [1.165, 1.54) is 6.21 Å². The summed E-state index contributed by atoms with van der Waals surface area (Å²) in [4.78, 5) is 23.1. The summed E-state index contributed by atoms with van der Waals surface area (Å²) in [5.74, 6) is 0.611. The number of hydrazone groups is 1. The molecule has 0 bridgehead atoms. The van der Waals surface area contributed by atoms with Crippen molar-refractivity contribution in [3.8, 4) is 0 Å². The van der Waals surface area contributed by atoms with E-state index in [-0.39, 0.29) is 39.5 Å². The fraction of sp³-hybridized carbons (Fsp3) is 0.867. The Morgan fingerprint density at radius 3 is 1.85 bits per heavy atom. The molecule has 3 N–H and O–H groups in total. The van der Waals surface area contributed by atoms with Crippen LogP contribution in [0.25, 0.3) is 0 Å². The van der Waals surface area contributed by atoms with Crippen molar-refractivity contribution < 1.29 is 9.53 Å². The summed E-state index contributed by atoms with van der Waals surface area (Å²) in [7, 11) is 0. The Bertz CT molecular complexity index is 987. The van der Waals surface area contributed by atoms with Crippen molar-refractivity contribution in [1.82, 2.24) is 21.0 Å². The lowest BCUT2D eigenvalue weighted by Gasteiger charge is -2.51. The van der Waals surface area contributed by atoms with Crippen LogP contribution in [0, 0.1) is 11.8 Å². The van der Waals surface area contributed by atoms with E-state index in [2.05, 4.69) is 92.1 Å². The minimum absolute atomic E-state index is 0.0452. The molecule has 39 heavy (non-hydrogen) atoms. The Morgan fingerprint density at radius 1 is 0.949 bits per heavy atom. The molecule has 2 fully saturated rings. The summed E-state index contributed by atoms with van der Waals surface area (Å²) in [6.07, 6.45) is 4.92. The quantitative estimate of drug-likeness (QED) is 0.327. The first-order chi connectivity index (χ1) is 17.5. The number of esters is 1. The second-order valence-electron chi connectivity index (χ2n) is 15.6. The molecule has 3 rings (SSSR count). The van der Waals surface area contributed by atoms with Gasteiger partial charge in [-0.15, -0.1) is 0 Å². The SMILES string of the molecule is CCOC(=O)C=NN1C(C2CC(C)(C)NC(C)(C)C2)=NC(C2CC(C)(C)NC(C)(C)C2)=NC1(C)NC(C)(C)C. The van der Waals surface area contributed by atoms with Gasteiger partial charge < -0.3 is 15.4 Å². The number of hydrogen-bond acceptors (Lipinski definition) is 9. The van der Waals surface area contributed by atoms with Gasteiger partial charge in [0.1, 0.15) is 17.9 Å². The second-order valence-corrected chi connectivity index (χ2v) is 15.6. The highest BCUT2D eigenvalue weighted by molar-refractivity contribution is 6.23. The van der Waals surface area contributed by atoms with Crippen LogP contribution in [0.15, 0.2) is 15.1 Å². The molecule has 3 heterocycles. The van der Waals surface area contributed by atoms with Crippen LogP contribution < -0.4 is 16.0 Å². The topological polar surface area (TPSA) is 103 Å². The molecule has 0 aromatic carbocycles. The Labute approximate surface area is 237 Å². The number of hydrogen-bond donors (Lipinski definition) is 3. The molecular weight excluding hydrogens is 490 g/mol. The highest BCUT2D eigenvalue weighted by Gasteiger charge is 2.49. The van der Waals surface area contributed by atoms with Gasteiger partial charge in [-0.05, 0) is 116 Å². The molecule has 9 nitrogen and oxygen atoms in total. The molecule has 0 aromatic rings. The van der Waals surface area contributed by atoms with Crippen LogP contribution >= 0.6 is 0 Å². The van der Waals surface area contributed by atoms with E-state index in [0.717, 1.165) is 37.4 Å². The highest BCUT2D eigenvalue weighted by atomic mass is 16.5. The lowest BCUT2D eigenvalue weighted by atomic mass is 9.74. The van der Waals surface area contributed by atoms with Crippen LogP contribution in [0.3, 0.4) is 0 Å². The zero-order chi connectivity index (χ0) is 29.7. The van der Waals surface area contributed by atoms with Crippen molar-refractivity contribution in [3.63, 3.8) is 0 Å². The monoisotopic (exact) mass is 545 g/mol. The third kappa shape index (κ3) is 8.33. The van der Waals surface area contributed by atoms with Crippen LogP contribution in [0.5, 0.6) is 0 Å². The maximum absolute atomic E-state index is 12.4. The summed E-state index contributed by atoms with van der Waals surface area (Å²) in [6, 6.07) is 0. The Hall–Kier alpha value is -1.84. The van der Waals surface area contributed by atoms with E-state index >= 15 is 0 Å². The minimum atomic E-state index is -0.939. The number of carbonyl (C=O) groups is 1. The molecular formula is C30H55N7O2. The molecule has 3 aliphatic heterocycles. The first-order valence-electron chi connectivity index (χ1n) is 14.6. The minimum Gasteiger partial charge on any atom is -0.462 e. The summed E-state index contributed by atoms with van der Waals surface area (Å²) in [6.45, 7) is 28.5. The van der Waals surface area contributed by atoms with Gasteiger partial charge in [0.15, 0.2) is 0 Å². The molecule has 1 atom stereocenters. The summed E-state index contributed by atoms with van der Waals surface area (Å²) < 4.78 is 5.18. The largest absolute Gasteiger partial charge is 0.462 e. The van der Waals surface area contributed by atoms with E-state index in [9.17, 15) is 4.79 Å². The van der Waals surface area contributed by atoms with Crippen molar-refractivity contribution in [2.45, 2.75) is 149 Å². The molecule has 0 aromatic heterocycles. The van der Waals surface area contributed by atoms with Gasteiger partial charge in [-0.1, -0.05) is 0 Å². The predicted octanol–water partition coefficient (Wildman–Crippen LogP) is 4.82. The van der Waals surface area contributed by atoms with Gasteiger partial charge in [-0.2, -0.15) is 5.10 Å². The van der Waals surface area contributed by atoms with Crippen molar-refractivity contribution in [3.05, 3.63) is 0 Å². The zero-order valence-corrected chi connectivity index (χ0v) is 26.9. The van der Waals surface area contributed by atoms with Gasteiger partial charge in [-0.3, -0.25) is 5.32 Å². The first-order valence-corrected chi connectivity index (χ1v) is 14.6. The maximum Gasteiger partial charge on any atom is 0.351 e. The average Bonchev–Trinajstić information content (AvgIpc) is 2.66. The van der Waals surface area contributed by atoms with Crippen LogP contribution in [0.4, 0.5) is 0 Å². The predicted molar refractivity (Wildman–Crippen MR) is 161 cm³/mol. The lowest BCUT2D eigenvalue weighted by Crippen LogP contribution is -2.66. The van der Waals surface area contributed by atoms with Crippen LogP contribution in [0.1, 0.15) is 116 Å². The number of ether oxygens (including phenoxy) is 1. The number of carbonyl (C=O) groups excluding carboxylic acids is 1. The normalized spacial score (nSPS) is 29.2. The molecule has 0 saturated carbocycles. The first kappa shape index (κ1) is 31.7. The molecule has 0 spiro atoms. The molecule has 222 valence electrons. The Morgan fingerprint density at radius 2 is 1.41 bits per heavy atom. The third-order valence-corrected chi connectivity index (χ3v) is 7.48. The van der Waals surface area contributed by atoms with Gasteiger partial charge in [0.05, 0.1) is 6.61 Å². The van der Waals surface area contributed by atoms with Gasteiger partial charge in [-0.25, -0.2) is 19.8 Å². The van der Waals surface area contributed by atoms with E-state index in [4.69, 9.17) is 19.8 Å². The van der Waals surface area contributed by atoms with E-state index < -0.39 is 11.8 Å². The lowest BCUT2D eigenvalue weighted by molar-refractivity contribution is -0.134. The van der Waals surface area contributed by atoms with Gasteiger partial charge in [0.25, 0.3) is 0 Å². The summed E-state index contributed by atoms with van der Waals surface area (Å²) in [5.41, 5.74) is -0.546. The fourth-order valence-electron chi connectivity index (χ4n) is 7.39. The van der Waals surface area contributed by atoms with Gasteiger partial charge in [0.2, 0.25) is 5.79 Å². The standard InChI is InChI=1S/C30H55N7O2/c1-14-39-22(38)19-31-37-24(21-17-28(9,10)36-29(11,12)18-21)32-23(33-30(37,13)34-25(2,3)4)20-15-26(5,6)35-27(7,8)16-20/h19-21,34-36H,14-18H2,1-13H3. The van der Waals surface area contributed by atoms with Crippen molar-refractivity contribution in [2.24, 2.45) is 26.9 Å². The average molecular weight is 546 g/mol. The number of rotatable bonds is 6. The second kappa shape index (κ2) is 10.5. The molecule has 0 radical (unpaired) electrons. The number of aliphatic imine (C=N–C) groups is 2. The highest BCUT2D eigenvalue weighted by Crippen LogP contribution is 2.40. The summed E-state index contributed by atoms with van der Waals surface area (Å²) >= 11 is 0. The molecule has 0 amide bonds. The van der Waals surface area contributed by atoms with Crippen molar-refractivity contribution >= 4 is 23.9 Å². The zero-order valence-electron chi connectivity index (χ0n) is 26.9. The summed E-state index contributed by atoms with van der Waals surface area (Å²) in [5, 5.41) is 17.9. The van der Waals surface area contributed by atoms with Crippen molar-refractivity contribution in [1.29, 1.82) is 0 Å². The number of nitrogens with one attached hydrogen (secondary N) is 3. The Kier molecular flexibility index (Phi) is 8.55. The molecule has 1 unspecified atom stereocenters. The number of nitrogens with zero attached hydrogens (tertiary/aromatic N) is 4. The maximum atomic E-state index is 12.4. The van der Waals surface area contributed by atoms with E-state index in [1.54, 1.807) is 6.92 Å². The van der Waals surface area contributed by atoms with Gasteiger partial charge >= 0.3 is 5.97 Å².